The number of nitrogens with zero attached hydrogens (tertiary/aromatic N) is 3. The number of rotatable bonds is 24. The van der Waals surface area contributed by atoms with E-state index in [1.54, 1.807) is 55.6 Å². The third kappa shape index (κ3) is 11.6. The van der Waals surface area contributed by atoms with Gasteiger partial charge in [-0.3, -0.25) is 14.9 Å². The first-order valence-corrected chi connectivity index (χ1v) is 22.9. The molecule has 1 fully saturated rings. The minimum Gasteiger partial charge on any atom is -0.459 e. The number of nitro groups is 1. The number of likely N-dealkylation sites (N-methyl/N-ethyl adjacent to an activating group) is 1. The predicted octanol–water partition coefficient (Wildman–Crippen LogP) is 9.32. The number of ether oxygens (including phenoxy) is 5. The van der Waals surface area contributed by atoms with Crippen LogP contribution in [0.3, 0.4) is 0 Å². The summed E-state index contributed by atoms with van der Waals surface area (Å²) >= 11 is 0. The van der Waals surface area contributed by atoms with E-state index in [2.05, 4.69) is 12.7 Å². The van der Waals surface area contributed by atoms with Crippen LogP contribution in [0, 0.1) is 27.9 Å². The fraction of sp³-hybridized carbons (Fsp3) is 0.404. The molecule has 0 aromatic heterocycles. The summed E-state index contributed by atoms with van der Waals surface area (Å²) in [7, 11) is 1.65. The van der Waals surface area contributed by atoms with Crippen LogP contribution in [0.25, 0.3) is 0 Å². The highest BCUT2D eigenvalue weighted by molar-refractivity contribution is 6.03. The molecule has 3 aliphatic rings. The zero-order valence-corrected chi connectivity index (χ0v) is 37.8. The monoisotopic (exact) mass is 917 g/mol. The van der Waals surface area contributed by atoms with Crippen molar-refractivity contribution in [3.05, 3.63) is 154 Å². The molecule has 2 N–H and O–H groups in total. The van der Waals surface area contributed by atoms with Crippen molar-refractivity contribution in [2.75, 3.05) is 40.1 Å². The minimum absolute atomic E-state index is 0.00951. The molecule has 4 aromatic rings. The van der Waals surface area contributed by atoms with Crippen LogP contribution in [0.5, 0.6) is 17.2 Å². The van der Waals surface area contributed by atoms with Crippen molar-refractivity contribution in [1.82, 2.24) is 4.90 Å². The van der Waals surface area contributed by atoms with E-state index in [0.29, 0.717) is 53.5 Å². The molecule has 1 amide bonds. The van der Waals surface area contributed by atoms with E-state index >= 15 is 0 Å². The number of aliphatic hydroxyl groups is 2. The molecule has 1 aliphatic heterocycles. The van der Waals surface area contributed by atoms with Crippen LogP contribution in [0.1, 0.15) is 77.9 Å². The Morgan fingerprint density at radius 2 is 1.67 bits per heavy atom. The number of aldehydes is 1. The molecule has 0 saturated heterocycles. The van der Waals surface area contributed by atoms with Crippen LogP contribution < -0.4 is 9.47 Å². The summed E-state index contributed by atoms with van der Waals surface area (Å²) in [5.41, 5.74) is 4.34. The number of carbonyl (C=O) groups is 2. The van der Waals surface area contributed by atoms with Crippen molar-refractivity contribution in [3.8, 4) is 17.2 Å². The lowest BCUT2D eigenvalue weighted by Crippen LogP contribution is -2.69. The lowest BCUT2D eigenvalue weighted by molar-refractivity contribution is -0.384. The van der Waals surface area contributed by atoms with Crippen LogP contribution in [-0.4, -0.2) is 90.0 Å². The van der Waals surface area contributed by atoms with Crippen LogP contribution in [0.15, 0.2) is 127 Å². The molecule has 2 aliphatic carbocycles. The summed E-state index contributed by atoms with van der Waals surface area (Å²) < 4.78 is 32.3. The van der Waals surface area contributed by atoms with E-state index in [4.69, 9.17) is 33.7 Å². The third-order valence-corrected chi connectivity index (χ3v) is 12.7. The van der Waals surface area contributed by atoms with Crippen LogP contribution in [-0.2, 0) is 32.3 Å². The van der Waals surface area contributed by atoms with E-state index < -0.39 is 28.8 Å². The van der Waals surface area contributed by atoms with Crippen molar-refractivity contribution in [3.63, 3.8) is 0 Å². The number of oxime groups is 1. The van der Waals surface area contributed by atoms with Crippen molar-refractivity contribution >= 4 is 23.8 Å². The summed E-state index contributed by atoms with van der Waals surface area (Å²) in [6, 6.07) is 27.5. The van der Waals surface area contributed by atoms with Crippen LogP contribution in [0.4, 0.5) is 10.5 Å². The van der Waals surface area contributed by atoms with Crippen molar-refractivity contribution in [2.45, 2.75) is 75.9 Å². The second kappa shape index (κ2) is 23.4. The Balaban J connectivity index is 1.32. The van der Waals surface area contributed by atoms with Gasteiger partial charge in [-0.2, -0.15) is 0 Å². The summed E-state index contributed by atoms with van der Waals surface area (Å²) in [5, 5.41) is 36.0. The average Bonchev–Trinajstić information content (AvgIpc) is 3.34. The van der Waals surface area contributed by atoms with Crippen LogP contribution in [0.2, 0.25) is 0 Å². The minimum atomic E-state index is -1.52. The Kier molecular flexibility index (Phi) is 16.9. The Labute approximate surface area is 390 Å². The number of fused-ring (bicyclic) bond motifs is 2. The van der Waals surface area contributed by atoms with E-state index in [9.17, 15) is 29.9 Å². The highest BCUT2D eigenvalue weighted by Crippen LogP contribution is 2.62. The van der Waals surface area contributed by atoms with Crippen molar-refractivity contribution in [2.24, 2.45) is 22.9 Å². The summed E-state index contributed by atoms with van der Waals surface area (Å²) in [6.07, 6.45) is 8.33. The van der Waals surface area contributed by atoms with E-state index in [0.717, 1.165) is 48.7 Å². The van der Waals surface area contributed by atoms with Gasteiger partial charge in [0, 0.05) is 55.9 Å². The second-order valence-electron chi connectivity index (χ2n) is 17.0. The first kappa shape index (κ1) is 48.5. The maximum Gasteiger partial charge on any atom is 0.410 e. The molecule has 4 aromatic carbocycles. The molecule has 15 nitrogen and oxygen atoms in total. The van der Waals surface area contributed by atoms with Gasteiger partial charge in [0.15, 0.2) is 0 Å². The zero-order chi connectivity index (χ0) is 47.2. The normalized spacial score (nSPS) is 22.0. The summed E-state index contributed by atoms with van der Waals surface area (Å²) in [6.45, 7) is 4.68. The molecule has 1 heterocycles. The van der Waals surface area contributed by atoms with Gasteiger partial charge in [-0.05, 0) is 96.7 Å². The largest absolute Gasteiger partial charge is 0.459 e. The number of carbonyl (C=O) groups excluding carboxylic acids is 2. The molecule has 6 atom stereocenters. The average molecular weight is 918 g/mol. The molecule has 0 radical (unpaired) electrons. The lowest BCUT2D eigenvalue weighted by atomic mass is 9.55. The number of benzene rings is 4. The predicted molar refractivity (Wildman–Crippen MR) is 250 cm³/mol. The molecule has 15 heteroatoms. The fourth-order valence-corrected chi connectivity index (χ4v) is 9.66. The Bertz CT molecular complexity index is 2370. The van der Waals surface area contributed by atoms with Gasteiger partial charge in [0.05, 0.1) is 36.4 Å². The van der Waals surface area contributed by atoms with Crippen LogP contribution >= 0.6 is 0 Å². The zero-order valence-electron chi connectivity index (χ0n) is 37.8. The van der Waals surface area contributed by atoms with Gasteiger partial charge in [0.2, 0.25) is 5.79 Å². The molecule has 354 valence electrons. The maximum absolute atomic E-state index is 14.2. The molecule has 6 unspecified atom stereocenters. The molecular formula is C52H59N3O12. The summed E-state index contributed by atoms with van der Waals surface area (Å²) in [4.78, 5) is 44.4. The summed E-state index contributed by atoms with van der Waals surface area (Å²) in [5.74, 6) is -0.943. The van der Waals surface area contributed by atoms with Gasteiger partial charge in [0.25, 0.3) is 5.69 Å². The number of nitro benzene ring substituents is 1. The lowest BCUT2D eigenvalue weighted by Gasteiger charge is -2.59. The molecule has 7 rings (SSSR count). The van der Waals surface area contributed by atoms with Gasteiger partial charge in [-0.1, -0.05) is 72.6 Å². The van der Waals surface area contributed by atoms with Gasteiger partial charge < -0.3 is 43.6 Å². The molecule has 67 heavy (non-hydrogen) atoms. The number of non-ortho nitro benzene ring substituents is 1. The topological polar surface area (TPSA) is 189 Å². The maximum atomic E-state index is 14.2. The molecular weight excluding hydrogens is 859 g/mol. The highest BCUT2D eigenvalue weighted by atomic mass is 16.7. The Morgan fingerprint density at radius 3 is 2.40 bits per heavy atom. The van der Waals surface area contributed by atoms with Gasteiger partial charge in [-0.15, -0.1) is 6.58 Å². The fourth-order valence-electron chi connectivity index (χ4n) is 9.66. The Morgan fingerprint density at radius 1 is 0.925 bits per heavy atom. The number of aliphatic hydroxyl groups excluding tert-OH is 2. The van der Waals surface area contributed by atoms with E-state index in [1.807, 2.05) is 42.5 Å². The van der Waals surface area contributed by atoms with Gasteiger partial charge >= 0.3 is 6.09 Å². The SMILES string of the molecule is C=CCOC12Oc3ccc(Oc4cccc(C=O)c4)cc3C3C(CCCCO)C(CCCCO)C=C(C(=NOCc4ccc([N+](=O)[O-])cc4)CC1N(C)C(=O)OCCOCc1ccccc1)C32. The number of allylic oxidation sites excluding steroid dienone is 1. The number of amides is 1. The van der Waals surface area contributed by atoms with E-state index in [1.165, 1.54) is 17.0 Å². The molecule has 1 saturated carbocycles. The van der Waals surface area contributed by atoms with Gasteiger partial charge in [-0.25, -0.2) is 4.79 Å². The number of hydrogen-bond donors (Lipinski definition) is 2. The van der Waals surface area contributed by atoms with E-state index in [-0.39, 0.29) is 69.5 Å². The number of hydrogen-bond acceptors (Lipinski definition) is 13. The quantitative estimate of drug-likeness (QED) is 0.0223. The van der Waals surface area contributed by atoms with Gasteiger partial charge in [0.1, 0.15) is 42.8 Å². The van der Waals surface area contributed by atoms with Crippen molar-refractivity contribution < 1.29 is 53.2 Å². The third-order valence-electron chi connectivity index (χ3n) is 12.7. The first-order chi connectivity index (χ1) is 32.7. The standard InChI is InChI=1S/C52H59N3O12/c1-3-26-64-52-48(54(2)51(59)63-28-27-62-34-36-12-5-4-6-13-36)32-46(53-65-35-37-18-20-40(21-19-37)55(60)61)44-30-39(15-7-9-24-56)43(17-8-10-25-57)49(50(44)52)45-31-42(22-23-47(45)67-52)66-41-16-11-14-38(29-41)33-58/h3-6,11-14,16,18-23,29-31,33,39,43,48-50,56-57H,1,7-10,15,17,24-28,32,34-35H2,2H3. The highest BCUT2D eigenvalue weighted by Gasteiger charge is 2.65. The smallest absolute Gasteiger partial charge is 0.410 e. The molecule has 0 spiro atoms. The number of unbranched alkanes of at least 4 members (excludes halogenated alkanes) is 2. The van der Waals surface area contributed by atoms with Crippen molar-refractivity contribution in [1.29, 1.82) is 0 Å². The molecule has 0 bridgehead atoms. The second-order valence-corrected chi connectivity index (χ2v) is 17.0. The first-order valence-electron chi connectivity index (χ1n) is 22.9. The Hall–Kier alpha value is -6.39.